The molecular formula is C16H21N3O2. The van der Waals surface area contributed by atoms with Crippen LogP contribution in [0.1, 0.15) is 48.6 Å². The molecule has 21 heavy (non-hydrogen) atoms. The Morgan fingerprint density at radius 2 is 2.33 bits per heavy atom. The van der Waals surface area contributed by atoms with E-state index in [2.05, 4.69) is 27.6 Å². The lowest BCUT2D eigenvalue weighted by Crippen LogP contribution is -2.21. The summed E-state index contributed by atoms with van der Waals surface area (Å²) < 4.78 is 10.9. The maximum absolute atomic E-state index is 5.80. The van der Waals surface area contributed by atoms with Crippen molar-refractivity contribution in [2.24, 2.45) is 0 Å². The van der Waals surface area contributed by atoms with E-state index in [0.29, 0.717) is 24.4 Å². The normalized spacial score (nSPS) is 17.5. The molecule has 1 aromatic carbocycles. The molecule has 1 aromatic heterocycles. The smallest absolute Gasteiger partial charge is 0.226 e. The van der Waals surface area contributed by atoms with E-state index in [1.165, 1.54) is 24.0 Å². The number of aromatic nitrogens is 2. The fourth-order valence-electron chi connectivity index (χ4n) is 2.81. The van der Waals surface area contributed by atoms with Crippen molar-refractivity contribution in [2.45, 2.75) is 45.3 Å². The molecule has 1 aliphatic carbocycles. The topological polar surface area (TPSA) is 60.2 Å². The fraction of sp³-hybridized carbons (Fsp3) is 0.500. The van der Waals surface area contributed by atoms with Crippen LogP contribution < -0.4 is 10.1 Å². The van der Waals surface area contributed by atoms with Crippen LogP contribution in [-0.2, 0) is 19.4 Å². The first kappa shape index (κ1) is 14.1. The van der Waals surface area contributed by atoms with E-state index in [9.17, 15) is 0 Å². The third-order valence-corrected chi connectivity index (χ3v) is 3.96. The number of ether oxygens (including phenoxy) is 1. The van der Waals surface area contributed by atoms with Crippen LogP contribution in [0.25, 0.3) is 0 Å². The molecule has 5 nitrogen and oxygen atoms in total. The van der Waals surface area contributed by atoms with Gasteiger partial charge in [-0.15, -0.1) is 0 Å². The molecule has 5 heteroatoms. The Hall–Kier alpha value is -1.88. The highest BCUT2D eigenvalue weighted by molar-refractivity contribution is 5.39. The van der Waals surface area contributed by atoms with E-state index in [0.717, 1.165) is 18.6 Å². The highest BCUT2D eigenvalue weighted by atomic mass is 16.5. The maximum Gasteiger partial charge on any atom is 0.226 e. The largest absolute Gasteiger partial charge is 0.485 e. The van der Waals surface area contributed by atoms with Crippen LogP contribution in [0.5, 0.6) is 5.75 Å². The molecule has 0 fully saturated rings. The van der Waals surface area contributed by atoms with E-state index >= 15 is 0 Å². The van der Waals surface area contributed by atoms with Gasteiger partial charge in [0.1, 0.15) is 5.75 Å². The molecule has 2 aromatic rings. The van der Waals surface area contributed by atoms with Crippen LogP contribution in [-0.4, -0.2) is 17.2 Å². The average Bonchev–Trinajstić information content (AvgIpc) is 3.00. The lowest BCUT2D eigenvalue weighted by molar-refractivity contribution is 0.284. The molecule has 1 atom stereocenters. The van der Waals surface area contributed by atoms with E-state index < -0.39 is 0 Å². The number of hydrogen-bond donors (Lipinski definition) is 1. The van der Waals surface area contributed by atoms with Gasteiger partial charge in [-0.2, -0.15) is 4.98 Å². The molecular weight excluding hydrogens is 266 g/mol. The minimum absolute atomic E-state index is 0.340. The second kappa shape index (κ2) is 6.26. The standard InChI is InChI=1S/C16H21N3O2/c1-3-16-18-15(19-21-16)10-20-12-8-7-11-5-4-6-14(17-2)13(11)9-12/h7-9,14,17H,3-6,10H2,1-2H3. The summed E-state index contributed by atoms with van der Waals surface area (Å²) in [7, 11) is 2.01. The van der Waals surface area contributed by atoms with Crippen LogP contribution in [0.15, 0.2) is 22.7 Å². The molecule has 1 unspecified atom stereocenters. The third-order valence-electron chi connectivity index (χ3n) is 3.96. The predicted molar refractivity (Wildman–Crippen MR) is 79.2 cm³/mol. The summed E-state index contributed by atoms with van der Waals surface area (Å²) >= 11 is 0. The zero-order valence-electron chi connectivity index (χ0n) is 12.6. The van der Waals surface area contributed by atoms with Crippen molar-refractivity contribution < 1.29 is 9.26 Å². The van der Waals surface area contributed by atoms with Gasteiger partial charge >= 0.3 is 0 Å². The zero-order valence-corrected chi connectivity index (χ0v) is 12.6. The van der Waals surface area contributed by atoms with Gasteiger partial charge in [-0.3, -0.25) is 0 Å². The Bertz CT molecular complexity index is 609. The first-order valence-electron chi connectivity index (χ1n) is 7.54. The zero-order chi connectivity index (χ0) is 14.7. The van der Waals surface area contributed by atoms with Crippen molar-refractivity contribution in [3.05, 3.63) is 41.0 Å². The predicted octanol–water partition coefficient (Wildman–Crippen LogP) is 2.81. The fourth-order valence-corrected chi connectivity index (χ4v) is 2.81. The van der Waals surface area contributed by atoms with Gasteiger partial charge < -0.3 is 14.6 Å². The third kappa shape index (κ3) is 3.08. The quantitative estimate of drug-likeness (QED) is 0.916. The Kier molecular flexibility index (Phi) is 4.20. The molecule has 0 saturated heterocycles. The Morgan fingerprint density at radius 1 is 1.43 bits per heavy atom. The van der Waals surface area contributed by atoms with Gasteiger partial charge in [-0.1, -0.05) is 18.1 Å². The number of fused-ring (bicyclic) bond motifs is 1. The van der Waals surface area contributed by atoms with Crippen LogP contribution in [0.2, 0.25) is 0 Å². The van der Waals surface area contributed by atoms with Gasteiger partial charge in [0, 0.05) is 12.5 Å². The van der Waals surface area contributed by atoms with Crippen LogP contribution in [0.3, 0.4) is 0 Å². The van der Waals surface area contributed by atoms with E-state index in [1.807, 2.05) is 20.0 Å². The first-order chi connectivity index (χ1) is 10.3. The summed E-state index contributed by atoms with van der Waals surface area (Å²) in [5, 5.41) is 7.27. The summed E-state index contributed by atoms with van der Waals surface area (Å²) in [6.45, 7) is 2.33. The number of aryl methyl sites for hydroxylation is 2. The average molecular weight is 287 g/mol. The van der Waals surface area contributed by atoms with Gasteiger partial charge in [0.15, 0.2) is 6.61 Å². The van der Waals surface area contributed by atoms with E-state index in [-0.39, 0.29) is 0 Å². The summed E-state index contributed by atoms with van der Waals surface area (Å²) in [5.41, 5.74) is 2.77. The molecule has 0 aliphatic heterocycles. The Balaban J connectivity index is 1.71. The monoisotopic (exact) mass is 287 g/mol. The SMILES string of the molecule is CCc1nc(COc2ccc3c(c2)C(NC)CCC3)no1. The van der Waals surface area contributed by atoms with Crippen molar-refractivity contribution in [1.82, 2.24) is 15.5 Å². The number of nitrogens with one attached hydrogen (secondary N) is 1. The van der Waals surface area contributed by atoms with Gasteiger partial charge in [0.2, 0.25) is 11.7 Å². The van der Waals surface area contributed by atoms with Crippen LogP contribution in [0.4, 0.5) is 0 Å². The van der Waals surface area contributed by atoms with E-state index in [4.69, 9.17) is 9.26 Å². The molecule has 1 N–H and O–H groups in total. The highest BCUT2D eigenvalue weighted by Crippen LogP contribution is 2.32. The minimum Gasteiger partial charge on any atom is -0.485 e. The Morgan fingerprint density at radius 3 is 3.10 bits per heavy atom. The molecule has 0 radical (unpaired) electrons. The number of benzene rings is 1. The first-order valence-corrected chi connectivity index (χ1v) is 7.54. The molecule has 112 valence electrons. The van der Waals surface area contributed by atoms with Crippen molar-refractivity contribution in [3.63, 3.8) is 0 Å². The minimum atomic E-state index is 0.340. The summed E-state index contributed by atoms with van der Waals surface area (Å²) in [6, 6.07) is 6.75. The maximum atomic E-state index is 5.80. The Labute approximate surface area is 124 Å². The number of rotatable bonds is 5. The van der Waals surface area contributed by atoms with Crippen molar-refractivity contribution in [2.75, 3.05) is 7.05 Å². The van der Waals surface area contributed by atoms with Crippen molar-refractivity contribution >= 4 is 0 Å². The van der Waals surface area contributed by atoms with Gasteiger partial charge in [-0.05, 0) is 49.6 Å². The van der Waals surface area contributed by atoms with Crippen molar-refractivity contribution in [3.8, 4) is 5.75 Å². The molecule has 3 rings (SSSR count). The molecule has 1 aliphatic rings. The highest BCUT2D eigenvalue weighted by Gasteiger charge is 2.19. The lowest BCUT2D eigenvalue weighted by atomic mass is 9.87. The summed E-state index contributed by atoms with van der Waals surface area (Å²) in [4.78, 5) is 4.25. The van der Waals surface area contributed by atoms with Crippen LogP contribution >= 0.6 is 0 Å². The van der Waals surface area contributed by atoms with Gasteiger partial charge in [0.05, 0.1) is 0 Å². The number of nitrogens with zero attached hydrogens (tertiary/aromatic N) is 2. The lowest BCUT2D eigenvalue weighted by Gasteiger charge is -2.25. The molecule has 1 heterocycles. The van der Waals surface area contributed by atoms with E-state index in [1.54, 1.807) is 0 Å². The molecule has 0 bridgehead atoms. The van der Waals surface area contributed by atoms with Crippen LogP contribution in [0, 0.1) is 0 Å². The summed E-state index contributed by atoms with van der Waals surface area (Å²) in [5.74, 6) is 2.10. The van der Waals surface area contributed by atoms with Gasteiger partial charge in [0.25, 0.3) is 0 Å². The molecule has 0 amide bonds. The van der Waals surface area contributed by atoms with Crippen molar-refractivity contribution in [1.29, 1.82) is 0 Å². The molecule has 0 saturated carbocycles. The number of hydrogen-bond acceptors (Lipinski definition) is 5. The molecule has 0 spiro atoms. The second-order valence-electron chi connectivity index (χ2n) is 5.34. The van der Waals surface area contributed by atoms with Gasteiger partial charge in [-0.25, -0.2) is 0 Å². The summed E-state index contributed by atoms with van der Waals surface area (Å²) in [6.07, 6.45) is 4.31. The second-order valence-corrected chi connectivity index (χ2v) is 5.34.